The fourth-order valence-electron chi connectivity index (χ4n) is 1.81. The lowest BCUT2D eigenvalue weighted by Gasteiger charge is -2.10. The number of esters is 1. The van der Waals surface area contributed by atoms with Gasteiger partial charge in [0.1, 0.15) is 11.5 Å². The van der Waals surface area contributed by atoms with Gasteiger partial charge in [0.2, 0.25) is 0 Å². The van der Waals surface area contributed by atoms with Crippen molar-refractivity contribution in [2.45, 2.75) is 13.8 Å². The zero-order valence-corrected chi connectivity index (χ0v) is 14.5. The van der Waals surface area contributed by atoms with Gasteiger partial charge in [-0.2, -0.15) is 0 Å². The molecule has 0 fully saturated rings. The number of rotatable bonds is 6. The van der Waals surface area contributed by atoms with E-state index < -0.39 is 5.97 Å². The van der Waals surface area contributed by atoms with Crippen LogP contribution in [-0.2, 0) is 0 Å². The van der Waals surface area contributed by atoms with Crippen LogP contribution in [-0.4, -0.2) is 18.9 Å². The molecule has 0 amide bonds. The number of benzene rings is 2. The van der Waals surface area contributed by atoms with E-state index in [1.165, 1.54) is 0 Å². The Morgan fingerprint density at radius 1 is 1.17 bits per heavy atom. The topological polar surface area (TPSA) is 52.6 Å². The Morgan fingerprint density at radius 3 is 2.48 bits per heavy atom. The Bertz CT molecular complexity index is 693. The van der Waals surface area contributed by atoms with Crippen LogP contribution < -0.4 is 9.47 Å². The van der Waals surface area contributed by atoms with Gasteiger partial charge < -0.3 is 9.47 Å². The smallest absolute Gasteiger partial charge is 0.343 e. The summed E-state index contributed by atoms with van der Waals surface area (Å²) in [7, 11) is 0. The molecule has 23 heavy (non-hydrogen) atoms. The van der Waals surface area contributed by atoms with Crippen LogP contribution in [0.25, 0.3) is 0 Å². The minimum atomic E-state index is -0.522. The van der Waals surface area contributed by atoms with Gasteiger partial charge in [-0.25, -0.2) is 4.79 Å². The lowest BCUT2D eigenvalue weighted by molar-refractivity contribution is 0.0733. The van der Waals surface area contributed by atoms with E-state index in [4.69, 9.17) is 9.47 Å². The highest BCUT2D eigenvalue weighted by Crippen LogP contribution is 2.23. The van der Waals surface area contributed by atoms with E-state index in [1.54, 1.807) is 42.5 Å². The Morgan fingerprint density at radius 2 is 1.87 bits per heavy atom. The van der Waals surface area contributed by atoms with E-state index in [-0.39, 0.29) is 5.75 Å². The van der Waals surface area contributed by atoms with Crippen molar-refractivity contribution in [3.05, 3.63) is 58.1 Å². The van der Waals surface area contributed by atoms with Crippen LogP contribution in [0.2, 0.25) is 0 Å². The molecule has 0 aliphatic heterocycles. The van der Waals surface area contributed by atoms with Gasteiger partial charge in [0, 0.05) is 4.47 Å². The second-order valence-corrected chi connectivity index (χ2v) is 6.33. The molecule has 0 saturated heterocycles. The fourth-order valence-corrected chi connectivity index (χ4v) is 2.19. The summed E-state index contributed by atoms with van der Waals surface area (Å²) in [4.78, 5) is 23.2. The molecule has 2 rings (SSSR count). The molecule has 0 aliphatic carbocycles. The molecule has 5 heteroatoms. The Hall–Kier alpha value is -2.14. The maximum Gasteiger partial charge on any atom is 0.343 e. The van der Waals surface area contributed by atoms with Gasteiger partial charge in [-0.1, -0.05) is 29.8 Å². The first-order chi connectivity index (χ1) is 11.0. The van der Waals surface area contributed by atoms with Gasteiger partial charge in [0.05, 0.1) is 17.7 Å². The molecule has 0 radical (unpaired) electrons. The van der Waals surface area contributed by atoms with Gasteiger partial charge in [-0.15, -0.1) is 0 Å². The van der Waals surface area contributed by atoms with Crippen molar-refractivity contribution in [3.8, 4) is 11.5 Å². The van der Waals surface area contributed by atoms with Crippen molar-refractivity contribution in [1.82, 2.24) is 0 Å². The standard InChI is InChI=1S/C18H17BrO4/c1-12(2)11-22-16-6-3-13(4-7-16)18(21)23-17-8-5-15(19)9-14(17)10-20/h3-10,12H,11H2,1-2H3. The summed E-state index contributed by atoms with van der Waals surface area (Å²) in [5, 5.41) is 0. The molecule has 120 valence electrons. The summed E-state index contributed by atoms with van der Waals surface area (Å²) in [6.45, 7) is 4.74. The molecular formula is C18H17BrO4. The van der Waals surface area contributed by atoms with Gasteiger partial charge in [-0.3, -0.25) is 4.79 Å². The Kier molecular flexibility index (Phi) is 5.93. The molecule has 0 N–H and O–H groups in total. The summed E-state index contributed by atoms with van der Waals surface area (Å²) in [6, 6.07) is 11.6. The molecule has 4 nitrogen and oxygen atoms in total. The van der Waals surface area contributed by atoms with Crippen molar-refractivity contribution in [2.24, 2.45) is 5.92 Å². The maximum absolute atomic E-state index is 12.2. The molecule has 0 bridgehead atoms. The molecule has 0 heterocycles. The van der Waals surface area contributed by atoms with Crippen LogP contribution in [0.15, 0.2) is 46.9 Å². The zero-order chi connectivity index (χ0) is 16.8. The molecule has 2 aromatic rings. The largest absolute Gasteiger partial charge is 0.493 e. The number of ether oxygens (including phenoxy) is 2. The first-order valence-electron chi connectivity index (χ1n) is 7.19. The van der Waals surface area contributed by atoms with Gasteiger partial charge in [0.25, 0.3) is 0 Å². The van der Waals surface area contributed by atoms with E-state index in [2.05, 4.69) is 29.8 Å². The zero-order valence-electron chi connectivity index (χ0n) is 12.9. The molecular weight excluding hydrogens is 360 g/mol. The number of hydrogen-bond acceptors (Lipinski definition) is 4. The van der Waals surface area contributed by atoms with Crippen LogP contribution in [0, 0.1) is 5.92 Å². The van der Waals surface area contributed by atoms with Gasteiger partial charge >= 0.3 is 5.97 Å². The van der Waals surface area contributed by atoms with E-state index in [0.29, 0.717) is 35.7 Å². The van der Waals surface area contributed by atoms with Crippen LogP contribution in [0.1, 0.15) is 34.6 Å². The summed E-state index contributed by atoms with van der Waals surface area (Å²) in [5.41, 5.74) is 0.700. The highest BCUT2D eigenvalue weighted by atomic mass is 79.9. The second kappa shape index (κ2) is 7.92. The quantitative estimate of drug-likeness (QED) is 0.422. The number of hydrogen-bond donors (Lipinski definition) is 0. The van der Waals surface area contributed by atoms with Crippen LogP contribution in [0.4, 0.5) is 0 Å². The van der Waals surface area contributed by atoms with Crippen molar-refractivity contribution < 1.29 is 19.1 Å². The van der Waals surface area contributed by atoms with Crippen molar-refractivity contribution in [2.75, 3.05) is 6.61 Å². The lowest BCUT2D eigenvalue weighted by Crippen LogP contribution is -2.10. The predicted octanol–water partition coefficient (Wildman–Crippen LogP) is 4.52. The number of carbonyl (C=O) groups excluding carboxylic acids is 2. The fraction of sp³-hybridized carbons (Fsp3) is 0.222. The van der Waals surface area contributed by atoms with Crippen LogP contribution in [0.3, 0.4) is 0 Å². The average molecular weight is 377 g/mol. The summed E-state index contributed by atoms with van der Waals surface area (Å²) in [6.07, 6.45) is 0.649. The van der Waals surface area contributed by atoms with E-state index in [1.807, 2.05) is 0 Å². The molecule has 0 unspecified atom stereocenters. The second-order valence-electron chi connectivity index (χ2n) is 5.42. The Labute approximate surface area is 143 Å². The highest BCUT2D eigenvalue weighted by Gasteiger charge is 2.12. The molecule has 0 atom stereocenters. The summed E-state index contributed by atoms with van der Waals surface area (Å²) < 4.78 is 11.6. The van der Waals surface area contributed by atoms with Gasteiger partial charge in [-0.05, 0) is 48.4 Å². The minimum Gasteiger partial charge on any atom is -0.493 e. The summed E-state index contributed by atoms with van der Waals surface area (Å²) >= 11 is 3.27. The normalized spacial score (nSPS) is 10.4. The highest BCUT2D eigenvalue weighted by molar-refractivity contribution is 9.10. The lowest BCUT2D eigenvalue weighted by atomic mass is 10.2. The number of carbonyl (C=O) groups is 2. The third kappa shape index (κ3) is 4.93. The van der Waals surface area contributed by atoms with E-state index in [9.17, 15) is 9.59 Å². The first-order valence-corrected chi connectivity index (χ1v) is 7.98. The SMILES string of the molecule is CC(C)COc1ccc(C(=O)Oc2ccc(Br)cc2C=O)cc1. The van der Waals surface area contributed by atoms with E-state index in [0.717, 1.165) is 4.47 Å². The monoisotopic (exact) mass is 376 g/mol. The maximum atomic E-state index is 12.2. The summed E-state index contributed by atoms with van der Waals surface area (Å²) in [5.74, 6) is 0.838. The number of aldehydes is 1. The third-order valence-corrected chi connectivity index (χ3v) is 3.47. The van der Waals surface area contributed by atoms with Crippen LogP contribution >= 0.6 is 15.9 Å². The third-order valence-electron chi connectivity index (χ3n) is 2.97. The van der Waals surface area contributed by atoms with Crippen molar-refractivity contribution in [1.29, 1.82) is 0 Å². The van der Waals surface area contributed by atoms with Crippen molar-refractivity contribution in [3.63, 3.8) is 0 Å². The minimum absolute atomic E-state index is 0.230. The van der Waals surface area contributed by atoms with Crippen LogP contribution in [0.5, 0.6) is 11.5 Å². The molecule has 0 aliphatic rings. The van der Waals surface area contributed by atoms with Gasteiger partial charge in [0.15, 0.2) is 6.29 Å². The van der Waals surface area contributed by atoms with Crippen molar-refractivity contribution >= 4 is 28.2 Å². The predicted molar refractivity (Wildman–Crippen MR) is 91.3 cm³/mol. The molecule has 0 aromatic heterocycles. The number of halogens is 1. The first kappa shape index (κ1) is 17.2. The van der Waals surface area contributed by atoms with E-state index >= 15 is 0 Å². The molecule has 0 saturated carbocycles. The molecule has 0 spiro atoms. The molecule has 2 aromatic carbocycles. The Balaban J connectivity index is 2.07. The average Bonchev–Trinajstić information content (AvgIpc) is 2.54.